The van der Waals surface area contributed by atoms with E-state index in [-0.39, 0.29) is 5.92 Å². The van der Waals surface area contributed by atoms with E-state index >= 15 is 0 Å². The van der Waals surface area contributed by atoms with Crippen LogP contribution in [0, 0.1) is 23.7 Å². The van der Waals surface area contributed by atoms with Crippen molar-refractivity contribution in [2.75, 3.05) is 6.61 Å². The topological polar surface area (TPSA) is 162 Å². The molecule has 4 aliphatic rings. The summed E-state index contributed by atoms with van der Waals surface area (Å²) >= 11 is 0. The molecule has 1 heterocycles. The highest BCUT2D eigenvalue weighted by atomic mass is 32.2. The number of hydrogen-bond donors (Lipinski definition) is 0. The van der Waals surface area contributed by atoms with Crippen LogP contribution < -0.4 is 0 Å². The Morgan fingerprint density at radius 1 is 1.16 bits per heavy atom. The standard InChI is InChI=1S/C23H29F3O11S/c1-22(7-2-3-8-22)37-21(30)17-12-10-11-16(17)20(29)36-19(11)18(12)35-15(28)5-4-14(27)34-9-6-13(24)23(25,26)38(31,32)33/h11-13,16-19H,2-10H2,1H3,(H,31,32,33)/p-1. The normalized spacial score (nSPS) is 32.1. The molecule has 15 heteroatoms. The number of hydrogen-bond acceptors (Lipinski definition) is 11. The van der Waals surface area contributed by atoms with Crippen LogP contribution in [0.2, 0.25) is 0 Å². The zero-order valence-electron chi connectivity index (χ0n) is 20.4. The van der Waals surface area contributed by atoms with Crippen LogP contribution in [-0.2, 0) is 48.2 Å². The first-order chi connectivity index (χ1) is 17.6. The van der Waals surface area contributed by atoms with Gasteiger partial charge >= 0.3 is 29.1 Å². The average molecular weight is 570 g/mol. The van der Waals surface area contributed by atoms with Gasteiger partial charge in [-0.15, -0.1) is 0 Å². The molecule has 7 atom stereocenters. The van der Waals surface area contributed by atoms with Crippen LogP contribution in [-0.4, -0.2) is 72.7 Å². The highest BCUT2D eigenvalue weighted by Crippen LogP contribution is 2.59. The summed E-state index contributed by atoms with van der Waals surface area (Å²) in [7, 11) is -6.24. The SMILES string of the molecule is CC1(OC(=O)C2C3CC4C(OC(=O)C42)C3OC(=O)CCC(=O)OCCC(F)C(F)(F)S(=O)(=O)[O-])CCCC1. The summed E-state index contributed by atoms with van der Waals surface area (Å²) in [6.07, 6.45) is -3.57. The van der Waals surface area contributed by atoms with Crippen molar-refractivity contribution in [1.82, 2.24) is 0 Å². The van der Waals surface area contributed by atoms with Crippen LogP contribution in [0.1, 0.15) is 58.3 Å². The van der Waals surface area contributed by atoms with Crippen molar-refractivity contribution in [1.29, 1.82) is 0 Å². The molecule has 0 radical (unpaired) electrons. The Bertz CT molecular complexity index is 1090. The molecule has 0 aromatic carbocycles. The maximum Gasteiger partial charge on any atom is 0.364 e. The molecule has 0 aromatic heterocycles. The molecule has 2 bridgehead atoms. The van der Waals surface area contributed by atoms with Crippen LogP contribution in [0.4, 0.5) is 13.2 Å². The van der Waals surface area contributed by atoms with Gasteiger partial charge in [-0.2, -0.15) is 8.78 Å². The molecule has 0 aromatic rings. The van der Waals surface area contributed by atoms with Crippen LogP contribution in [0.25, 0.3) is 0 Å². The number of fused-ring (bicyclic) bond motifs is 1. The van der Waals surface area contributed by atoms with Crippen LogP contribution in [0.3, 0.4) is 0 Å². The monoisotopic (exact) mass is 569 g/mol. The first-order valence-electron chi connectivity index (χ1n) is 12.4. The van der Waals surface area contributed by atoms with Gasteiger partial charge in [-0.25, -0.2) is 12.8 Å². The maximum absolute atomic E-state index is 13.4. The molecule has 0 spiro atoms. The number of rotatable bonds is 11. The van der Waals surface area contributed by atoms with E-state index in [9.17, 15) is 45.3 Å². The molecule has 4 fully saturated rings. The number of ether oxygens (including phenoxy) is 4. The second kappa shape index (κ2) is 10.3. The molecule has 0 amide bonds. The molecule has 4 rings (SSSR count). The third-order valence-electron chi connectivity index (χ3n) is 7.96. The number of esters is 4. The van der Waals surface area contributed by atoms with E-state index in [0.29, 0.717) is 6.42 Å². The summed E-state index contributed by atoms with van der Waals surface area (Å²) < 4.78 is 92.1. The lowest BCUT2D eigenvalue weighted by Crippen LogP contribution is -2.45. The van der Waals surface area contributed by atoms with Gasteiger partial charge in [0.15, 0.2) is 16.3 Å². The van der Waals surface area contributed by atoms with Crippen molar-refractivity contribution in [3.05, 3.63) is 0 Å². The predicted molar refractivity (Wildman–Crippen MR) is 116 cm³/mol. The summed E-state index contributed by atoms with van der Waals surface area (Å²) in [6, 6.07) is 0. The minimum atomic E-state index is -6.24. The number of alkyl halides is 3. The zero-order valence-corrected chi connectivity index (χ0v) is 21.3. The summed E-state index contributed by atoms with van der Waals surface area (Å²) in [5, 5.41) is -5.17. The Morgan fingerprint density at radius 3 is 2.42 bits per heavy atom. The highest BCUT2D eigenvalue weighted by molar-refractivity contribution is 7.86. The molecule has 11 nitrogen and oxygen atoms in total. The first kappa shape index (κ1) is 28.6. The molecular weight excluding hydrogens is 541 g/mol. The Kier molecular flexibility index (Phi) is 7.73. The van der Waals surface area contributed by atoms with Crippen LogP contribution >= 0.6 is 0 Å². The molecule has 3 aliphatic carbocycles. The Hall–Kier alpha value is -2.42. The predicted octanol–water partition coefficient (Wildman–Crippen LogP) is 1.77. The van der Waals surface area contributed by atoms with Gasteiger partial charge in [0.1, 0.15) is 17.8 Å². The van der Waals surface area contributed by atoms with E-state index in [1.807, 2.05) is 6.92 Å². The van der Waals surface area contributed by atoms with E-state index in [1.165, 1.54) is 0 Å². The zero-order chi connectivity index (χ0) is 28.0. The molecular formula is C23H28F3O11S-. The second-order valence-corrected chi connectivity index (χ2v) is 12.0. The Labute approximate surface area is 216 Å². The summed E-state index contributed by atoms with van der Waals surface area (Å²) in [4.78, 5) is 49.8. The van der Waals surface area contributed by atoms with Crippen molar-refractivity contribution in [2.45, 2.75) is 87.5 Å². The third kappa shape index (κ3) is 5.36. The maximum atomic E-state index is 13.4. The van der Waals surface area contributed by atoms with E-state index < -0.39 is 107 Å². The summed E-state index contributed by atoms with van der Waals surface area (Å²) in [5.41, 5.74) is -0.603. The lowest BCUT2D eigenvalue weighted by Gasteiger charge is -2.33. The third-order valence-corrected chi connectivity index (χ3v) is 8.88. The van der Waals surface area contributed by atoms with Crippen molar-refractivity contribution < 1.29 is 64.3 Å². The highest BCUT2D eigenvalue weighted by Gasteiger charge is 2.70. The van der Waals surface area contributed by atoms with Crippen molar-refractivity contribution in [3.63, 3.8) is 0 Å². The number of carbonyl (C=O) groups is 4. The molecule has 214 valence electrons. The molecule has 3 saturated carbocycles. The fourth-order valence-corrected chi connectivity index (χ4v) is 6.52. The Morgan fingerprint density at radius 2 is 1.79 bits per heavy atom. The van der Waals surface area contributed by atoms with E-state index in [0.717, 1.165) is 25.7 Å². The molecule has 0 N–H and O–H groups in total. The van der Waals surface area contributed by atoms with Crippen LogP contribution in [0.15, 0.2) is 0 Å². The smallest absolute Gasteiger partial charge is 0.364 e. The number of halogens is 3. The van der Waals surface area contributed by atoms with Gasteiger partial charge < -0.3 is 23.5 Å². The van der Waals surface area contributed by atoms with E-state index in [1.54, 1.807) is 0 Å². The number of carbonyl (C=O) groups excluding carboxylic acids is 4. The first-order valence-corrected chi connectivity index (χ1v) is 13.8. The van der Waals surface area contributed by atoms with E-state index in [4.69, 9.17) is 14.2 Å². The lowest BCUT2D eigenvalue weighted by atomic mass is 9.78. The fraction of sp³-hybridized carbons (Fsp3) is 0.826. The molecule has 38 heavy (non-hydrogen) atoms. The van der Waals surface area contributed by atoms with Gasteiger partial charge in [0.2, 0.25) is 0 Å². The van der Waals surface area contributed by atoms with Crippen molar-refractivity contribution >= 4 is 34.0 Å². The quantitative estimate of drug-likeness (QED) is 0.202. The molecule has 1 aliphatic heterocycles. The van der Waals surface area contributed by atoms with Gasteiger partial charge in [0.05, 0.1) is 31.3 Å². The Balaban J connectivity index is 1.26. The minimum absolute atomic E-state index is 0.297. The van der Waals surface area contributed by atoms with Gasteiger partial charge in [-0.05, 0) is 39.0 Å². The largest absolute Gasteiger partial charge is 0.743 e. The summed E-state index contributed by atoms with van der Waals surface area (Å²) in [5.74, 6) is -5.24. The van der Waals surface area contributed by atoms with E-state index in [2.05, 4.69) is 4.74 Å². The van der Waals surface area contributed by atoms with Crippen molar-refractivity contribution in [2.24, 2.45) is 23.7 Å². The van der Waals surface area contributed by atoms with Crippen molar-refractivity contribution in [3.8, 4) is 0 Å². The average Bonchev–Trinajstić information content (AvgIpc) is 3.55. The van der Waals surface area contributed by atoms with Gasteiger partial charge in [0, 0.05) is 18.3 Å². The molecule has 1 saturated heterocycles. The van der Waals surface area contributed by atoms with Gasteiger partial charge in [-0.1, -0.05) is 0 Å². The van der Waals surface area contributed by atoms with Gasteiger partial charge in [-0.3, -0.25) is 19.2 Å². The lowest BCUT2D eigenvalue weighted by molar-refractivity contribution is -0.173. The van der Waals surface area contributed by atoms with Crippen LogP contribution in [0.5, 0.6) is 0 Å². The fourth-order valence-electron chi connectivity index (χ4n) is 6.09. The van der Waals surface area contributed by atoms with Gasteiger partial charge in [0.25, 0.3) is 0 Å². The summed E-state index contributed by atoms with van der Waals surface area (Å²) in [6.45, 7) is 0.900. The minimum Gasteiger partial charge on any atom is -0.743 e. The second-order valence-electron chi connectivity index (χ2n) is 10.5. The molecule has 7 unspecified atom stereocenters.